The average molecular weight is 372 g/mol. The van der Waals surface area contributed by atoms with Gasteiger partial charge in [-0.25, -0.2) is 0 Å². The minimum Gasteiger partial charge on any atom is -0.497 e. The molecule has 0 saturated carbocycles. The van der Waals surface area contributed by atoms with Crippen LogP contribution in [0.4, 0.5) is 5.69 Å². The Hall–Kier alpha value is -2.26. The van der Waals surface area contributed by atoms with Crippen molar-refractivity contribution in [2.45, 2.75) is 6.04 Å². The molecular weight excluding hydrogens is 350 g/mol. The molecule has 1 heterocycles. The zero-order valence-corrected chi connectivity index (χ0v) is 15.5. The summed E-state index contributed by atoms with van der Waals surface area (Å²) < 4.78 is 10.8. The summed E-state index contributed by atoms with van der Waals surface area (Å²) in [5.41, 5.74) is 2.42. The number of ether oxygens (including phenoxy) is 2. The molecule has 1 unspecified atom stereocenters. The lowest BCUT2D eigenvalue weighted by Gasteiger charge is -2.35. The first kappa shape index (κ1) is 18.5. The van der Waals surface area contributed by atoms with E-state index >= 15 is 0 Å². The highest BCUT2D eigenvalue weighted by molar-refractivity contribution is 6.33. The first-order valence-corrected chi connectivity index (χ1v) is 8.99. The maximum atomic E-state index is 9.34. The summed E-state index contributed by atoms with van der Waals surface area (Å²) >= 11 is 6.30. The van der Waals surface area contributed by atoms with Crippen LogP contribution in [0.5, 0.6) is 5.75 Å². The Morgan fingerprint density at radius 2 is 1.96 bits per heavy atom. The Labute approximate surface area is 159 Å². The molecule has 0 bridgehead atoms. The highest BCUT2D eigenvalue weighted by atomic mass is 35.5. The largest absolute Gasteiger partial charge is 0.497 e. The number of hydrogen-bond donors (Lipinski definition) is 1. The standard InChI is InChI=1S/C20H22ClN3O2/c1-25-17-7-5-15(6-8-17)19(24-9-11-26-12-10-24)14-23-20-16(13-22)3-2-4-18(20)21/h2-8,19,23H,9-12,14H2,1H3. The third-order valence-electron chi connectivity index (χ3n) is 4.59. The molecule has 1 fully saturated rings. The topological polar surface area (TPSA) is 57.5 Å². The molecule has 2 aromatic rings. The number of methoxy groups -OCH3 is 1. The molecule has 1 aliphatic rings. The molecule has 136 valence electrons. The number of hydrogen-bond acceptors (Lipinski definition) is 5. The molecule has 6 heteroatoms. The Kier molecular flexibility index (Phi) is 6.35. The summed E-state index contributed by atoms with van der Waals surface area (Å²) in [4.78, 5) is 2.39. The maximum absolute atomic E-state index is 9.34. The first-order valence-electron chi connectivity index (χ1n) is 8.61. The van der Waals surface area contributed by atoms with Gasteiger partial charge in [0.05, 0.1) is 42.6 Å². The Balaban J connectivity index is 1.83. The van der Waals surface area contributed by atoms with Gasteiger partial charge in [-0.3, -0.25) is 4.90 Å². The highest BCUT2D eigenvalue weighted by Crippen LogP contribution is 2.29. The summed E-state index contributed by atoms with van der Waals surface area (Å²) in [5.74, 6) is 0.834. The van der Waals surface area contributed by atoms with Gasteiger partial charge < -0.3 is 14.8 Å². The maximum Gasteiger partial charge on any atom is 0.118 e. The molecule has 0 radical (unpaired) electrons. The van der Waals surface area contributed by atoms with E-state index in [1.54, 1.807) is 25.3 Å². The van der Waals surface area contributed by atoms with E-state index in [0.29, 0.717) is 22.8 Å². The fraction of sp³-hybridized carbons (Fsp3) is 0.350. The van der Waals surface area contributed by atoms with E-state index in [2.05, 4.69) is 28.4 Å². The number of morpholine rings is 1. The van der Waals surface area contributed by atoms with Gasteiger partial charge in [-0.05, 0) is 29.8 Å². The zero-order chi connectivity index (χ0) is 18.4. The van der Waals surface area contributed by atoms with Crippen LogP contribution in [-0.2, 0) is 4.74 Å². The van der Waals surface area contributed by atoms with Gasteiger partial charge >= 0.3 is 0 Å². The predicted molar refractivity (Wildman–Crippen MR) is 103 cm³/mol. The molecule has 0 aromatic heterocycles. The van der Waals surface area contributed by atoms with Crippen molar-refractivity contribution in [3.05, 3.63) is 58.6 Å². The van der Waals surface area contributed by atoms with Crippen molar-refractivity contribution >= 4 is 17.3 Å². The highest BCUT2D eigenvalue weighted by Gasteiger charge is 2.23. The molecule has 0 amide bonds. The molecule has 0 spiro atoms. The van der Waals surface area contributed by atoms with Crippen LogP contribution in [0, 0.1) is 11.3 Å². The molecule has 2 aromatic carbocycles. The molecule has 1 aliphatic heterocycles. The Morgan fingerprint density at radius 1 is 1.23 bits per heavy atom. The summed E-state index contributed by atoms with van der Waals surface area (Å²) in [6, 6.07) is 15.8. The fourth-order valence-electron chi connectivity index (χ4n) is 3.17. The number of nitrogens with zero attached hydrogens (tertiary/aromatic N) is 2. The lowest BCUT2D eigenvalue weighted by Crippen LogP contribution is -2.41. The van der Waals surface area contributed by atoms with Crippen LogP contribution < -0.4 is 10.1 Å². The van der Waals surface area contributed by atoms with Gasteiger partial charge in [0.25, 0.3) is 0 Å². The molecule has 26 heavy (non-hydrogen) atoms. The van der Waals surface area contributed by atoms with Crippen LogP contribution >= 0.6 is 11.6 Å². The number of nitrogens with one attached hydrogen (secondary N) is 1. The summed E-state index contributed by atoms with van der Waals surface area (Å²) in [6.45, 7) is 3.83. The number of halogens is 1. The van der Waals surface area contributed by atoms with Gasteiger partial charge in [-0.1, -0.05) is 29.8 Å². The monoisotopic (exact) mass is 371 g/mol. The smallest absolute Gasteiger partial charge is 0.118 e. The van der Waals surface area contributed by atoms with Crippen molar-refractivity contribution in [2.24, 2.45) is 0 Å². The van der Waals surface area contributed by atoms with E-state index in [1.165, 1.54) is 5.56 Å². The van der Waals surface area contributed by atoms with Gasteiger partial charge in [0.2, 0.25) is 0 Å². The van der Waals surface area contributed by atoms with Crippen LogP contribution in [0.3, 0.4) is 0 Å². The second-order valence-electron chi connectivity index (χ2n) is 6.09. The normalized spacial score (nSPS) is 15.9. The molecule has 1 saturated heterocycles. The molecule has 1 atom stereocenters. The van der Waals surface area contributed by atoms with Crippen LogP contribution in [0.1, 0.15) is 17.2 Å². The first-order chi connectivity index (χ1) is 12.7. The summed E-state index contributed by atoms with van der Waals surface area (Å²) in [6.07, 6.45) is 0. The molecule has 3 rings (SSSR count). The van der Waals surface area contributed by atoms with E-state index in [0.717, 1.165) is 32.1 Å². The summed E-state index contributed by atoms with van der Waals surface area (Å²) in [7, 11) is 1.66. The molecule has 1 N–H and O–H groups in total. The van der Waals surface area contributed by atoms with Crippen LogP contribution in [0.15, 0.2) is 42.5 Å². The van der Waals surface area contributed by atoms with Crippen molar-refractivity contribution in [1.82, 2.24) is 4.90 Å². The second kappa shape index (κ2) is 8.91. The van der Waals surface area contributed by atoms with Crippen molar-refractivity contribution in [2.75, 3.05) is 45.3 Å². The Morgan fingerprint density at radius 3 is 2.62 bits per heavy atom. The minimum absolute atomic E-state index is 0.146. The van der Waals surface area contributed by atoms with E-state index in [-0.39, 0.29) is 6.04 Å². The third-order valence-corrected chi connectivity index (χ3v) is 4.91. The number of para-hydroxylation sites is 1. The zero-order valence-electron chi connectivity index (χ0n) is 14.7. The minimum atomic E-state index is 0.146. The molecular formula is C20H22ClN3O2. The van der Waals surface area contributed by atoms with Crippen molar-refractivity contribution in [1.29, 1.82) is 5.26 Å². The number of nitriles is 1. The summed E-state index contributed by atoms with van der Waals surface area (Å²) in [5, 5.41) is 13.3. The van der Waals surface area contributed by atoms with Crippen molar-refractivity contribution in [3.63, 3.8) is 0 Å². The van der Waals surface area contributed by atoms with Gasteiger partial charge in [-0.2, -0.15) is 5.26 Å². The predicted octanol–water partition coefficient (Wildman–Crippen LogP) is 3.71. The second-order valence-corrected chi connectivity index (χ2v) is 6.50. The van der Waals surface area contributed by atoms with Crippen molar-refractivity contribution < 1.29 is 9.47 Å². The van der Waals surface area contributed by atoms with Gasteiger partial charge in [0, 0.05) is 19.6 Å². The van der Waals surface area contributed by atoms with Gasteiger partial charge in [-0.15, -0.1) is 0 Å². The molecule has 5 nitrogen and oxygen atoms in total. The van der Waals surface area contributed by atoms with E-state index < -0.39 is 0 Å². The van der Waals surface area contributed by atoms with Crippen molar-refractivity contribution in [3.8, 4) is 11.8 Å². The number of anilines is 1. The number of benzene rings is 2. The van der Waals surface area contributed by atoms with E-state index in [1.807, 2.05) is 12.1 Å². The number of rotatable bonds is 6. The van der Waals surface area contributed by atoms with Crippen LogP contribution in [0.25, 0.3) is 0 Å². The lowest BCUT2D eigenvalue weighted by atomic mass is 10.0. The SMILES string of the molecule is COc1ccc(C(CNc2c(Cl)cccc2C#N)N2CCOCC2)cc1. The fourth-order valence-corrected chi connectivity index (χ4v) is 3.41. The Bertz CT molecular complexity index is 768. The lowest BCUT2D eigenvalue weighted by molar-refractivity contribution is 0.0187. The van der Waals surface area contributed by atoms with E-state index in [9.17, 15) is 5.26 Å². The average Bonchev–Trinajstić information content (AvgIpc) is 2.70. The van der Waals surface area contributed by atoms with Crippen LogP contribution in [-0.4, -0.2) is 44.9 Å². The van der Waals surface area contributed by atoms with Gasteiger partial charge in [0.1, 0.15) is 11.8 Å². The third kappa shape index (κ3) is 4.28. The van der Waals surface area contributed by atoms with E-state index in [4.69, 9.17) is 21.1 Å². The van der Waals surface area contributed by atoms with Gasteiger partial charge in [0.15, 0.2) is 0 Å². The molecule has 0 aliphatic carbocycles. The van der Waals surface area contributed by atoms with Crippen LogP contribution in [0.2, 0.25) is 5.02 Å². The quantitative estimate of drug-likeness (QED) is 0.838.